The lowest BCUT2D eigenvalue weighted by atomic mass is 10.0. The number of amides is 2. The minimum absolute atomic E-state index is 0.00340. The molecular formula is C21H24N6O2. The first kappa shape index (κ1) is 19.0. The summed E-state index contributed by atoms with van der Waals surface area (Å²) in [5, 5.41) is 9.98. The number of hydrogen-bond donors (Lipinski definition) is 2. The SMILES string of the molecule is N#C[C@H]1CC[C@@H](C(=O)N2CCN(c3cnc4[nH]cc(C=CC(N)=O)c4c3)CC2)C1. The molecule has 2 aliphatic rings. The molecule has 29 heavy (non-hydrogen) atoms. The maximum absolute atomic E-state index is 12.8. The number of H-pyrrole nitrogens is 1. The number of piperazine rings is 1. The molecule has 2 fully saturated rings. The molecule has 8 heteroatoms. The van der Waals surface area contributed by atoms with Crippen LogP contribution >= 0.6 is 0 Å². The van der Waals surface area contributed by atoms with Gasteiger partial charge in [-0.3, -0.25) is 9.59 Å². The molecule has 2 atom stereocenters. The third-order valence-electron chi connectivity index (χ3n) is 5.90. The van der Waals surface area contributed by atoms with Crippen molar-refractivity contribution in [1.29, 1.82) is 5.26 Å². The van der Waals surface area contributed by atoms with Crippen molar-refractivity contribution in [3.05, 3.63) is 30.1 Å². The first-order valence-electron chi connectivity index (χ1n) is 9.93. The number of nitrogens with one attached hydrogen (secondary N) is 1. The monoisotopic (exact) mass is 392 g/mol. The summed E-state index contributed by atoms with van der Waals surface area (Å²) in [4.78, 5) is 35.5. The number of pyridine rings is 1. The van der Waals surface area contributed by atoms with Crippen LogP contribution in [0.5, 0.6) is 0 Å². The van der Waals surface area contributed by atoms with Gasteiger partial charge in [-0.25, -0.2) is 4.98 Å². The first-order chi connectivity index (χ1) is 14.0. The van der Waals surface area contributed by atoms with Crippen LogP contribution in [0.1, 0.15) is 24.8 Å². The largest absolute Gasteiger partial charge is 0.367 e. The Morgan fingerprint density at radius 1 is 1.28 bits per heavy atom. The van der Waals surface area contributed by atoms with Crippen molar-refractivity contribution < 1.29 is 9.59 Å². The number of aromatic amines is 1. The number of carbonyl (C=O) groups is 2. The Bertz CT molecular complexity index is 996. The standard InChI is InChI=1S/C21H24N6O2/c22-11-14-1-2-15(9-14)21(29)27-7-5-26(6-8-27)17-10-18-16(3-4-19(23)28)12-24-20(18)25-13-17/h3-4,10,12-15H,1-2,5-9H2,(H2,23,28)(H,24,25)/t14-,15+/m0/s1. The van der Waals surface area contributed by atoms with Crippen LogP contribution in [0.2, 0.25) is 0 Å². The van der Waals surface area contributed by atoms with Gasteiger partial charge in [-0.1, -0.05) is 0 Å². The summed E-state index contributed by atoms with van der Waals surface area (Å²) in [6.07, 6.45) is 9.00. The number of fused-ring (bicyclic) bond motifs is 1. The van der Waals surface area contributed by atoms with Crippen LogP contribution in [-0.4, -0.2) is 52.9 Å². The van der Waals surface area contributed by atoms with Crippen molar-refractivity contribution in [3.8, 4) is 6.07 Å². The van der Waals surface area contributed by atoms with E-state index < -0.39 is 5.91 Å². The number of carbonyl (C=O) groups excluding carboxylic acids is 2. The number of primary amides is 1. The predicted molar refractivity (Wildman–Crippen MR) is 110 cm³/mol. The fourth-order valence-electron chi connectivity index (χ4n) is 4.26. The third kappa shape index (κ3) is 3.94. The second kappa shape index (κ2) is 7.95. The number of nitrogens with two attached hydrogens (primary N) is 1. The molecule has 2 aromatic heterocycles. The lowest BCUT2D eigenvalue weighted by Gasteiger charge is -2.37. The topological polar surface area (TPSA) is 119 Å². The van der Waals surface area contributed by atoms with Gasteiger partial charge in [0.25, 0.3) is 0 Å². The Hall–Kier alpha value is -3.34. The van der Waals surface area contributed by atoms with Gasteiger partial charge in [-0.05, 0) is 31.4 Å². The minimum atomic E-state index is -0.493. The molecule has 3 heterocycles. The van der Waals surface area contributed by atoms with Gasteiger partial charge in [-0.15, -0.1) is 0 Å². The highest BCUT2D eigenvalue weighted by molar-refractivity contribution is 5.95. The maximum atomic E-state index is 12.8. The molecule has 0 unspecified atom stereocenters. The minimum Gasteiger partial charge on any atom is -0.367 e. The van der Waals surface area contributed by atoms with Gasteiger partial charge in [0, 0.05) is 61.2 Å². The average Bonchev–Trinajstić information content (AvgIpc) is 3.38. The number of hydrogen-bond acceptors (Lipinski definition) is 5. The van der Waals surface area contributed by atoms with Crippen LogP contribution in [0.25, 0.3) is 17.1 Å². The molecular weight excluding hydrogens is 368 g/mol. The molecule has 1 aliphatic carbocycles. The maximum Gasteiger partial charge on any atom is 0.241 e. The van der Waals surface area contributed by atoms with E-state index in [2.05, 4.69) is 20.9 Å². The molecule has 0 aromatic carbocycles. The molecule has 150 valence electrons. The van der Waals surface area contributed by atoms with Crippen LogP contribution in [0.4, 0.5) is 5.69 Å². The quantitative estimate of drug-likeness (QED) is 0.767. The number of nitriles is 1. The Labute approximate surface area is 169 Å². The van der Waals surface area contributed by atoms with Crippen molar-refractivity contribution in [2.75, 3.05) is 31.1 Å². The van der Waals surface area contributed by atoms with Crippen LogP contribution in [0, 0.1) is 23.2 Å². The van der Waals surface area contributed by atoms with Crippen molar-refractivity contribution in [3.63, 3.8) is 0 Å². The smallest absolute Gasteiger partial charge is 0.241 e. The molecule has 1 saturated carbocycles. The molecule has 0 bridgehead atoms. The zero-order valence-electron chi connectivity index (χ0n) is 16.2. The van der Waals surface area contributed by atoms with Gasteiger partial charge in [0.2, 0.25) is 11.8 Å². The van der Waals surface area contributed by atoms with Gasteiger partial charge in [0.1, 0.15) is 5.65 Å². The van der Waals surface area contributed by atoms with Gasteiger partial charge < -0.3 is 20.5 Å². The van der Waals surface area contributed by atoms with E-state index in [-0.39, 0.29) is 17.7 Å². The fraction of sp³-hybridized carbons (Fsp3) is 0.429. The van der Waals surface area contributed by atoms with Crippen LogP contribution in [0.15, 0.2) is 24.5 Å². The Kier molecular flexibility index (Phi) is 5.21. The lowest BCUT2D eigenvalue weighted by molar-refractivity contribution is -0.135. The predicted octanol–water partition coefficient (Wildman–Crippen LogP) is 1.65. The van der Waals surface area contributed by atoms with E-state index >= 15 is 0 Å². The van der Waals surface area contributed by atoms with E-state index in [1.807, 2.05) is 17.2 Å². The molecule has 0 spiro atoms. The summed E-state index contributed by atoms with van der Waals surface area (Å²) in [5.74, 6) is -0.265. The van der Waals surface area contributed by atoms with Crippen LogP contribution in [0.3, 0.4) is 0 Å². The second-order valence-electron chi connectivity index (χ2n) is 7.72. The molecule has 1 aliphatic heterocycles. The lowest BCUT2D eigenvalue weighted by Crippen LogP contribution is -2.50. The highest BCUT2D eigenvalue weighted by Crippen LogP contribution is 2.32. The molecule has 2 amide bonds. The highest BCUT2D eigenvalue weighted by Gasteiger charge is 2.33. The number of aromatic nitrogens is 2. The third-order valence-corrected chi connectivity index (χ3v) is 5.90. The second-order valence-corrected chi connectivity index (χ2v) is 7.72. The molecule has 0 radical (unpaired) electrons. The summed E-state index contributed by atoms with van der Waals surface area (Å²) < 4.78 is 0. The zero-order valence-corrected chi connectivity index (χ0v) is 16.2. The van der Waals surface area contributed by atoms with E-state index in [9.17, 15) is 9.59 Å². The molecule has 3 N–H and O–H groups in total. The average molecular weight is 392 g/mol. The summed E-state index contributed by atoms with van der Waals surface area (Å²) in [6, 6.07) is 4.34. The van der Waals surface area contributed by atoms with Crippen LogP contribution < -0.4 is 10.6 Å². The summed E-state index contributed by atoms with van der Waals surface area (Å²) >= 11 is 0. The van der Waals surface area contributed by atoms with E-state index in [1.165, 1.54) is 6.08 Å². The Morgan fingerprint density at radius 3 is 2.76 bits per heavy atom. The van der Waals surface area contributed by atoms with Gasteiger partial charge >= 0.3 is 0 Å². The fourth-order valence-corrected chi connectivity index (χ4v) is 4.26. The number of rotatable bonds is 4. The van der Waals surface area contributed by atoms with E-state index in [4.69, 9.17) is 11.0 Å². The van der Waals surface area contributed by atoms with Crippen molar-refractivity contribution in [2.45, 2.75) is 19.3 Å². The van der Waals surface area contributed by atoms with Crippen molar-refractivity contribution >= 4 is 34.6 Å². The van der Waals surface area contributed by atoms with Gasteiger partial charge in [-0.2, -0.15) is 5.26 Å². The molecule has 2 aromatic rings. The van der Waals surface area contributed by atoms with E-state index in [0.29, 0.717) is 19.5 Å². The Morgan fingerprint density at radius 2 is 2.07 bits per heavy atom. The van der Waals surface area contributed by atoms with Gasteiger partial charge in [0.05, 0.1) is 18.0 Å². The first-order valence-corrected chi connectivity index (χ1v) is 9.93. The van der Waals surface area contributed by atoms with Crippen molar-refractivity contribution in [2.24, 2.45) is 17.6 Å². The van der Waals surface area contributed by atoms with Crippen LogP contribution in [-0.2, 0) is 9.59 Å². The number of anilines is 1. The highest BCUT2D eigenvalue weighted by atomic mass is 16.2. The number of nitrogens with zero attached hydrogens (tertiary/aromatic N) is 4. The van der Waals surface area contributed by atoms with Crippen molar-refractivity contribution in [1.82, 2.24) is 14.9 Å². The van der Waals surface area contributed by atoms with Gasteiger partial charge in [0.15, 0.2) is 0 Å². The molecule has 8 nitrogen and oxygen atoms in total. The Balaban J connectivity index is 1.42. The summed E-state index contributed by atoms with van der Waals surface area (Å²) in [6.45, 7) is 2.83. The molecule has 1 saturated heterocycles. The summed E-state index contributed by atoms with van der Waals surface area (Å²) in [5.41, 5.74) is 7.79. The normalized spacial score (nSPS) is 22.3. The molecule has 4 rings (SSSR count). The van der Waals surface area contributed by atoms with E-state index in [0.717, 1.165) is 48.2 Å². The summed E-state index contributed by atoms with van der Waals surface area (Å²) in [7, 11) is 0. The zero-order chi connectivity index (χ0) is 20.4. The van der Waals surface area contributed by atoms with E-state index in [1.54, 1.807) is 12.3 Å².